The van der Waals surface area contributed by atoms with Gasteiger partial charge in [-0.15, -0.1) is 0 Å². The first-order valence-electron chi connectivity index (χ1n) is 6.63. The second-order valence-corrected chi connectivity index (χ2v) is 5.12. The molecule has 1 aliphatic rings. The quantitative estimate of drug-likeness (QED) is 0.880. The Bertz CT molecular complexity index is 396. The highest BCUT2D eigenvalue weighted by Gasteiger charge is 2.32. The number of ether oxygens (including phenoxy) is 1. The first kappa shape index (κ1) is 13.3. The van der Waals surface area contributed by atoms with E-state index in [1.165, 1.54) is 0 Å². The van der Waals surface area contributed by atoms with E-state index in [-0.39, 0.29) is 5.54 Å². The standard InChI is InChI=1S/C14H23N3O/c1-4-14(2)11-15-8-9-17(14)10-12-6-5-7-13(16-12)18-3/h5-7,15H,4,8-11H2,1-3H3. The Hall–Kier alpha value is -1.13. The van der Waals surface area contributed by atoms with Crippen molar-refractivity contribution in [1.82, 2.24) is 15.2 Å². The molecule has 0 saturated carbocycles. The number of hydrogen-bond donors (Lipinski definition) is 1. The molecule has 1 N–H and O–H groups in total. The fraction of sp³-hybridized carbons (Fsp3) is 0.643. The number of pyridine rings is 1. The average Bonchev–Trinajstić information content (AvgIpc) is 2.42. The lowest BCUT2D eigenvalue weighted by Crippen LogP contribution is -2.58. The van der Waals surface area contributed by atoms with Gasteiger partial charge in [0, 0.05) is 37.8 Å². The number of rotatable bonds is 4. The molecule has 1 unspecified atom stereocenters. The van der Waals surface area contributed by atoms with Crippen LogP contribution in [0.15, 0.2) is 18.2 Å². The van der Waals surface area contributed by atoms with Gasteiger partial charge in [-0.25, -0.2) is 4.98 Å². The summed E-state index contributed by atoms with van der Waals surface area (Å²) in [6.07, 6.45) is 1.14. The van der Waals surface area contributed by atoms with E-state index < -0.39 is 0 Å². The van der Waals surface area contributed by atoms with Crippen molar-refractivity contribution in [1.29, 1.82) is 0 Å². The van der Waals surface area contributed by atoms with E-state index in [0.29, 0.717) is 5.88 Å². The molecule has 2 heterocycles. The third-order valence-corrected chi connectivity index (χ3v) is 3.93. The van der Waals surface area contributed by atoms with Gasteiger partial charge in [0.25, 0.3) is 0 Å². The normalized spacial score (nSPS) is 25.1. The Morgan fingerprint density at radius 1 is 1.50 bits per heavy atom. The fourth-order valence-electron chi connectivity index (χ4n) is 2.43. The summed E-state index contributed by atoms with van der Waals surface area (Å²) in [4.78, 5) is 7.02. The van der Waals surface area contributed by atoms with Crippen LogP contribution in [0.25, 0.3) is 0 Å². The number of hydrogen-bond acceptors (Lipinski definition) is 4. The van der Waals surface area contributed by atoms with Gasteiger partial charge in [0.15, 0.2) is 0 Å². The maximum Gasteiger partial charge on any atom is 0.213 e. The summed E-state index contributed by atoms with van der Waals surface area (Å²) in [7, 11) is 1.66. The maximum absolute atomic E-state index is 5.18. The predicted octanol–water partition coefficient (Wildman–Crippen LogP) is 1.66. The van der Waals surface area contributed by atoms with Gasteiger partial charge in [-0.2, -0.15) is 0 Å². The van der Waals surface area contributed by atoms with Crippen molar-refractivity contribution in [3.63, 3.8) is 0 Å². The van der Waals surface area contributed by atoms with Crippen LogP contribution < -0.4 is 10.1 Å². The SMILES string of the molecule is CCC1(C)CNCCN1Cc1cccc(OC)n1. The van der Waals surface area contributed by atoms with Crippen LogP contribution in [0.1, 0.15) is 26.0 Å². The lowest BCUT2D eigenvalue weighted by Gasteiger charge is -2.44. The molecule has 0 aromatic carbocycles. The third-order valence-electron chi connectivity index (χ3n) is 3.93. The first-order chi connectivity index (χ1) is 8.68. The van der Waals surface area contributed by atoms with Gasteiger partial charge in [0.1, 0.15) is 0 Å². The van der Waals surface area contributed by atoms with Crippen molar-refractivity contribution in [3.05, 3.63) is 23.9 Å². The lowest BCUT2D eigenvalue weighted by molar-refractivity contribution is 0.0624. The number of nitrogens with one attached hydrogen (secondary N) is 1. The van der Waals surface area contributed by atoms with Crippen molar-refractivity contribution < 1.29 is 4.74 Å². The van der Waals surface area contributed by atoms with Crippen LogP contribution in [-0.4, -0.2) is 42.2 Å². The van der Waals surface area contributed by atoms with Gasteiger partial charge < -0.3 is 10.1 Å². The summed E-state index contributed by atoms with van der Waals surface area (Å²) in [5.41, 5.74) is 1.30. The molecule has 1 aliphatic heterocycles. The van der Waals surface area contributed by atoms with Crippen molar-refractivity contribution in [3.8, 4) is 5.88 Å². The van der Waals surface area contributed by atoms with E-state index in [1.807, 2.05) is 12.1 Å². The molecule has 4 heteroatoms. The summed E-state index contributed by atoms with van der Waals surface area (Å²) >= 11 is 0. The van der Waals surface area contributed by atoms with E-state index in [9.17, 15) is 0 Å². The van der Waals surface area contributed by atoms with Gasteiger partial charge >= 0.3 is 0 Å². The molecule has 2 rings (SSSR count). The molecule has 100 valence electrons. The third kappa shape index (κ3) is 2.82. The minimum Gasteiger partial charge on any atom is -0.481 e. The first-order valence-corrected chi connectivity index (χ1v) is 6.63. The smallest absolute Gasteiger partial charge is 0.213 e. The number of methoxy groups -OCH3 is 1. The van der Waals surface area contributed by atoms with E-state index in [4.69, 9.17) is 4.74 Å². The second-order valence-electron chi connectivity index (χ2n) is 5.12. The highest BCUT2D eigenvalue weighted by atomic mass is 16.5. The molecule has 0 radical (unpaired) electrons. The monoisotopic (exact) mass is 249 g/mol. The summed E-state index contributed by atoms with van der Waals surface area (Å²) in [5.74, 6) is 0.695. The van der Waals surface area contributed by atoms with Crippen LogP contribution in [-0.2, 0) is 6.54 Å². The van der Waals surface area contributed by atoms with Gasteiger partial charge in [-0.05, 0) is 19.4 Å². The van der Waals surface area contributed by atoms with E-state index >= 15 is 0 Å². The molecule has 1 aromatic rings. The van der Waals surface area contributed by atoms with Crippen LogP contribution >= 0.6 is 0 Å². The van der Waals surface area contributed by atoms with Crippen LogP contribution in [0.5, 0.6) is 5.88 Å². The summed E-state index contributed by atoms with van der Waals surface area (Å²) in [6, 6.07) is 5.97. The molecule has 0 spiro atoms. The van der Waals surface area contributed by atoms with Crippen LogP contribution in [0.4, 0.5) is 0 Å². The zero-order valence-corrected chi connectivity index (χ0v) is 11.6. The van der Waals surface area contributed by atoms with Crippen LogP contribution in [0.3, 0.4) is 0 Å². The molecule has 1 aromatic heterocycles. The van der Waals surface area contributed by atoms with Crippen molar-refractivity contribution in [2.75, 3.05) is 26.7 Å². The van der Waals surface area contributed by atoms with Crippen LogP contribution in [0.2, 0.25) is 0 Å². The molecule has 1 saturated heterocycles. The molecule has 0 bridgehead atoms. The molecule has 18 heavy (non-hydrogen) atoms. The Balaban J connectivity index is 2.11. The Kier molecular flexibility index (Phi) is 4.19. The second kappa shape index (κ2) is 5.67. The largest absolute Gasteiger partial charge is 0.481 e. The van der Waals surface area contributed by atoms with Gasteiger partial charge in [0.2, 0.25) is 5.88 Å². The molecule has 1 atom stereocenters. The Morgan fingerprint density at radius 3 is 3.06 bits per heavy atom. The molecular weight excluding hydrogens is 226 g/mol. The van der Waals surface area contributed by atoms with Gasteiger partial charge in [0.05, 0.1) is 12.8 Å². The highest BCUT2D eigenvalue weighted by molar-refractivity contribution is 5.16. The van der Waals surface area contributed by atoms with Crippen molar-refractivity contribution in [2.24, 2.45) is 0 Å². The topological polar surface area (TPSA) is 37.4 Å². The van der Waals surface area contributed by atoms with Crippen molar-refractivity contribution >= 4 is 0 Å². The highest BCUT2D eigenvalue weighted by Crippen LogP contribution is 2.23. The summed E-state index contributed by atoms with van der Waals surface area (Å²) in [5, 5.41) is 3.48. The molecule has 1 fully saturated rings. The van der Waals surface area contributed by atoms with E-state index in [2.05, 4.69) is 35.1 Å². The molecular formula is C14H23N3O. The summed E-state index contributed by atoms with van der Waals surface area (Å²) < 4.78 is 5.18. The Morgan fingerprint density at radius 2 is 2.33 bits per heavy atom. The molecule has 0 amide bonds. The number of aromatic nitrogens is 1. The number of nitrogens with zero attached hydrogens (tertiary/aromatic N) is 2. The van der Waals surface area contributed by atoms with Crippen molar-refractivity contribution in [2.45, 2.75) is 32.4 Å². The maximum atomic E-state index is 5.18. The van der Waals surface area contributed by atoms with E-state index in [1.54, 1.807) is 7.11 Å². The zero-order chi connectivity index (χ0) is 13.0. The van der Waals surface area contributed by atoms with Gasteiger partial charge in [-0.1, -0.05) is 13.0 Å². The zero-order valence-electron chi connectivity index (χ0n) is 11.6. The lowest BCUT2D eigenvalue weighted by atomic mass is 9.94. The summed E-state index contributed by atoms with van der Waals surface area (Å²) in [6.45, 7) is 8.64. The minimum atomic E-state index is 0.225. The van der Waals surface area contributed by atoms with E-state index in [0.717, 1.165) is 38.3 Å². The van der Waals surface area contributed by atoms with Crippen LogP contribution in [0, 0.1) is 0 Å². The fourth-order valence-corrected chi connectivity index (χ4v) is 2.43. The Labute approximate surface area is 109 Å². The average molecular weight is 249 g/mol. The molecule has 0 aliphatic carbocycles. The minimum absolute atomic E-state index is 0.225. The van der Waals surface area contributed by atoms with Gasteiger partial charge in [-0.3, -0.25) is 4.90 Å². The number of piperazine rings is 1. The predicted molar refractivity (Wildman–Crippen MR) is 72.8 cm³/mol. The molecule has 4 nitrogen and oxygen atoms in total.